The first-order valence-electron chi connectivity index (χ1n) is 6.47. The van der Waals surface area contributed by atoms with Gasteiger partial charge in [-0.05, 0) is 19.8 Å². The molecule has 2 rings (SSSR count). The number of nitrogens with one attached hydrogen (secondary N) is 1. The Bertz CT molecular complexity index is 506. The van der Waals surface area contributed by atoms with E-state index >= 15 is 0 Å². The number of hydrogen-bond donors (Lipinski definition) is 2. The summed E-state index contributed by atoms with van der Waals surface area (Å²) < 4.78 is 5.01. The van der Waals surface area contributed by atoms with Crippen molar-refractivity contribution in [3.63, 3.8) is 0 Å². The lowest BCUT2D eigenvalue weighted by molar-refractivity contribution is 0.0529. The largest absolute Gasteiger partial charge is 0.462 e. The van der Waals surface area contributed by atoms with Gasteiger partial charge in [0.15, 0.2) is 5.78 Å². The fourth-order valence-electron chi connectivity index (χ4n) is 1.73. The zero-order chi connectivity index (χ0) is 14.0. The molecule has 0 bridgehead atoms. The monoisotopic (exact) mass is 282 g/mol. The van der Waals surface area contributed by atoms with Crippen molar-refractivity contribution in [2.24, 2.45) is 0 Å². The summed E-state index contributed by atoms with van der Waals surface area (Å²) in [6, 6.07) is 0.385. The van der Waals surface area contributed by atoms with Gasteiger partial charge in [-0.1, -0.05) is 6.92 Å². The molecule has 3 N–H and O–H groups in total. The predicted molar refractivity (Wildman–Crippen MR) is 76.0 cm³/mol. The van der Waals surface area contributed by atoms with E-state index in [1.807, 2.05) is 0 Å². The molecule has 1 heterocycles. The number of ether oxygens (including phenoxy) is 1. The number of carbonyl (C=O) groups is 2. The zero-order valence-corrected chi connectivity index (χ0v) is 11.9. The van der Waals surface area contributed by atoms with Crippen molar-refractivity contribution in [3.8, 4) is 0 Å². The van der Waals surface area contributed by atoms with E-state index in [0.29, 0.717) is 27.9 Å². The number of thiophene rings is 1. The quantitative estimate of drug-likeness (QED) is 0.619. The molecule has 0 unspecified atom stereocenters. The van der Waals surface area contributed by atoms with Gasteiger partial charge in [0.1, 0.15) is 10.6 Å². The molecule has 1 fully saturated rings. The van der Waals surface area contributed by atoms with Crippen LogP contribution in [-0.4, -0.2) is 24.4 Å². The molecule has 0 saturated heterocycles. The van der Waals surface area contributed by atoms with Crippen LogP contribution >= 0.6 is 11.3 Å². The highest BCUT2D eigenvalue weighted by atomic mass is 32.1. The lowest BCUT2D eigenvalue weighted by Crippen LogP contribution is -2.11. The Kier molecular flexibility index (Phi) is 4.09. The van der Waals surface area contributed by atoms with Crippen molar-refractivity contribution in [2.45, 2.75) is 39.2 Å². The smallest absolute Gasteiger partial charge is 0.343 e. The van der Waals surface area contributed by atoms with Crippen LogP contribution in [0, 0.1) is 0 Å². The van der Waals surface area contributed by atoms with Gasteiger partial charge < -0.3 is 15.8 Å². The minimum Gasteiger partial charge on any atom is -0.462 e. The second-order valence-corrected chi connectivity index (χ2v) is 5.49. The van der Waals surface area contributed by atoms with Crippen LogP contribution < -0.4 is 11.1 Å². The molecule has 1 aromatic rings. The van der Waals surface area contributed by atoms with Crippen LogP contribution in [0.25, 0.3) is 0 Å². The molecule has 0 aliphatic heterocycles. The maximum absolute atomic E-state index is 12.0. The van der Waals surface area contributed by atoms with Crippen molar-refractivity contribution in [2.75, 3.05) is 17.7 Å². The molecular formula is C13H18N2O3S. The molecule has 104 valence electrons. The molecule has 1 aliphatic carbocycles. The number of ketones is 1. The number of nitrogens with two attached hydrogens (primary N) is 1. The SMILES string of the molecule is CCOC(=O)c1c(NC2CC2)sc(C(=O)CC)c1N. The Balaban J connectivity index is 2.38. The van der Waals surface area contributed by atoms with Gasteiger partial charge in [0.25, 0.3) is 0 Å². The van der Waals surface area contributed by atoms with Crippen LogP contribution in [0.4, 0.5) is 10.7 Å². The Morgan fingerprint density at radius 3 is 2.63 bits per heavy atom. The average Bonchev–Trinajstić information content (AvgIpc) is 3.12. The standard InChI is InChI=1S/C13H18N2O3S/c1-3-8(16)11-10(14)9(13(17)18-4-2)12(19-11)15-7-5-6-7/h7,15H,3-6,14H2,1-2H3. The topological polar surface area (TPSA) is 81.4 Å². The van der Waals surface area contributed by atoms with Gasteiger partial charge in [0, 0.05) is 12.5 Å². The number of hydrogen-bond acceptors (Lipinski definition) is 6. The van der Waals surface area contributed by atoms with E-state index in [4.69, 9.17) is 10.5 Å². The first-order valence-corrected chi connectivity index (χ1v) is 7.29. The van der Waals surface area contributed by atoms with E-state index in [2.05, 4.69) is 5.32 Å². The Morgan fingerprint density at radius 1 is 1.42 bits per heavy atom. The van der Waals surface area contributed by atoms with Crippen molar-refractivity contribution in [1.82, 2.24) is 0 Å². The predicted octanol–water partition coefficient (Wildman–Crippen LogP) is 2.67. The average molecular weight is 282 g/mol. The third kappa shape index (κ3) is 2.89. The van der Waals surface area contributed by atoms with Gasteiger partial charge in [-0.3, -0.25) is 4.79 Å². The minimum absolute atomic E-state index is 0.0445. The van der Waals surface area contributed by atoms with Crippen molar-refractivity contribution in [3.05, 3.63) is 10.4 Å². The number of carbonyl (C=O) groups excluding carboxylic acids is 2. The van der Waals surface area contributed by atoms with E-state index in [1.54, 1.807) is 13.8 Å². The molecule has 1 aliphatic rings. The van der Waals surface area contributed by atoms with Crippen LogP contribution in [-0.2, 0) is 4.74 Å². The fraction of sp³-hybridized carbons (Fsp3) is 0.538. The van der Waals surface area contributed by atoms with Crippen molar-refractivity contribution >= 4 is 33.8 Å². The van der Waals surface area contributed by atoms with Gasteiger partial charge in [-0.2, -0.15) is 0 Å². The van der Waals surface area contributed by atoms with Gasteiger partial charge >= 0.3 is 5.97 Å². The highest BCUT2D eigenvalue weighted by Gasteiger charge is 2.29. The summed E-state index contributed by atoms with van der Waals surface area (Å²) in [6.45, 7) is 3.81. The number of esters is 1. The van der Waals surface area contributed by atoms with Gasteiger partial charge in [-0.25, -0.2) is 4.79 Å². The third-order valence-corrected chi connectivity index (χ3v) is 4.09. The van der Waals surface area contributed by atoms with Crippen molar-refractivity contribution in [1.29, 1.82) is 0 Å². The van der Waals surface area contributed by atoms with E-state index < -0.39 is 5.97 Å². The fourth-order valence-corrected chi connectivity index (χ4v) is 2.93. The lowest BCUT2D eigenvalue weighted by Gasteiger charge is -2.06. The molecule has 0 spiro atoms. The molecule has 6 heteroatoms. The van der Waals surface area contributed by atoms with Crippen LogP contribution in [0.1, 0.15) is 53.1 Å². The summed E-state index contributed by atoms with van der Waals surface area (Å²) in [4.78, 5) is 24.3. The van der Waals surface area contributed by atoms with Gasteiger partial charge in [0.2, 0.25) is 0 Å². The molecule has 0 atom stereocenters. The Hall–Kier alpha value is -1.56. The highest BCUT2D eigenvalue weighted by Crippen LogP contribution is 2.39. The summed E-state index contributed by atoms with van der Waals surface area (Å²) >= 11 is 1.25. The maximum atomic E-state index is 12.0. The molecule has 0 aromatic carbocycles. The molecule has 1 saturated carbocycles. The third-order valence-electron chi connectivity index (χ3n) is 2.91. The molecule has 1 aromatic heterocycles. The van der Waals surface area contributed by atoms with Crippen LogP contribution in [0.2, 0.25) is 0 Å². The summed E-state index contributed by atoms with van der Waals surface area (Å²) in [6.07, 6.45) is 2.53. The normalized spacial score (nSPS) is 14.2. The summed E-state index contributed by atoms with van der Waals surface area (Å²) in [5.74, 6) is -0.508. The summed E-state index contributed by atoms with van der Waals surface area (Å²) in [5.41, 5.74) is 6.52. The number of Topliss-reactive ketones (excluding diaryl/α,β-unsaturated/α-hetero) is 1. The Labute approximate surface area is 116 Å². The Morgan fingerprint density at radius 2 is 2.11 bits per heavy atom. The number of rotatable bonds is 6. The number of anilines is 2. The van der Waals surface area contributed by atoms with Crippen LogP contribution in [0.3, 0.4) is 0 Å². The zero-order valence-electron chi connectivity index (χ0n) is 11.1. The minimum atomic E-state index is -0.463. The van der Waals surface area contributed by atoms with Gasteiger partial charge in [-0.15, -0.1) is 11.3 Å². The highest BCUT2D eigenvalue weighted by molar-refractivity contribution is 7.19. The molecule has 0 radical (unpaired) electrons. The lowest BCUT2D eigenvalue weighted by atomic mass is 10.2. The summed E-state index contributed by atoms with van der Waals surface area (Å²) in [7, 11) is 0. The first-order chi connectivity index (χ1) is 9.08. The van der Waals surface area contributed by atoms with E-state index in [-0.39, 0.29) is 18.1 Å². The van der Waals surface area contributed by atoms with Gasteiger partial charge in [0.05, 0.1) is 17.2 Å². The maximum Gasteiger partial charge on any atom is 0.343 e. The second kappa shape index (κ2) is 5.61. The first kappa shape index (κ1) is 13.9. The van der Waals surface area contributed by atoms with Crippen LogP contribution in [0.15, 0.2) is 0 Å². The van der Waals surface area contributed by atoms with E-state index in [1.165, 1.54) is 11.3 Å². The van der Waals surface area contributed by atoms with E-state index in [0.717, 1.165) is 12.8 Å². The summed E-state index contributed by atoms with van der Waals surface area (Å²) in [5, 5.41) is 3.91. The van der Waals surface area contributed by atoms with Crippen LogP contribution in [0.5, 0.6) is 0 Å². The number of nitrogen functional groups attached to an aromatic ring is 1. The molecular weight excluding hydrogens is 264 g/mol. The van der Waals surface area contributed by atoms with E-state index in [9.17, 15) is 9.59 Å². The second-order valence-electron chi connectivity index (χ2n) is 4.46. The molecule has 0 amide bonds. The molecule has 5 nitrogen and oxygen atoms in total. The molecule has 19 heavy (non-hydrogen) atoms. The van der Waals surface area contributed by atoms with Crippen molar-refractivity contribution < 1.29 is 14.3 Å².